The van der Waals surface area contributed by atoms with Gasteiger partial charge in [-0.05, 0) is 48.1 Å². The molecular weight excluding hydrogens is 400 g/mol. The molecule has 0 saturated heterocycles. The van der Waals surface area contributed by atoms with Gasteiger partial charge in [-0.2, -0.15) is 10.4 Å². The zero-order valence-corrected chi connectivity index (χ0v) is 16.8. The Balaban J connectivity index is 1.47. The fraction of sp³-hybridized carbons (Fsp3) is 0.182. The number of fused-ring (bicyclic) bond motifs is 2. The number of thiophene rings is 1. The van der Waals surface area contributed by atoms with E-state index in [1.807, 2.05) is 24.3 Å². The Hall–Kier alpha value is -3.70. The Bertz CT molecular complexity index is 1220. The average molecular weight is 418 g/mol. The van der Waals surface area contributed by atoms with E-state index in [0.717, 1.165) is 46.9 Å². The van der Waals surface area contributed by atoms with Gasteiger partial charge < -0.3 is 10.4 Å². The number of hydrogen-bond acceptors (Lipinski definition) is 6. The Morgan fingerprint density at radius 2 is 1.93 bits per heavy atom. The van der Waals surface area contributed by atoms with Crippen molar-refractivity contribution >= 4 is 45.1 Å². The van der Waals surface area contributed by atoms with Gasteiger partial charge in [-0.15, -0.1) is 11.3 Å². The number of hydrazone groups is 1. The smallest absolute Gasteiger partial charge is 0.329 e. The van der Waals surface area contributed by atoms with Crippen LogP contribution < -0.4 is 10.7 Å². The summed E-state index contributed by atoms with van der Waals surface area (Å²) in [6, 6.07) is 12.9. The predicted molar refractivity (Wildman–Crippen MR) is 116 cm³/mol. The predicted octanol–water partition coefficient (Wildman–Crippen LogP) is 3.45. The van der Waals surface area contributed by atoms with Crippen molar-refractivity contribution in [3.05, 3.63) is 58.0 Å². The second-order valence-electron chi connectivity index (χ2n) is 6.90. The number of carbonyl (C=O) groups excluding carboxylic acids is 2. The fourth-order valence-electron chi connectivity index (χ4n) is 3.56. The monoisotopic (exact) mass is 418 g/mol. The number of nitrogens with zero attached hydrogens (tertiary/aromatic N) is 2. The Morgan fingerprint density at radius 3 is 2.77 bits per heavy atom. The van der Waals surface area contributed by atoms with E-state index in [-0.39, 0.29) is 5.75 Å². The van der Waals surface area contributed by atoms with Crippen LogP contribution in [0.15, 0.2) is 41.5 Å². The van der Waals surface area contributed by atoms with E-state index in [9.17, 15) is 20.0 Å². The minimum absolute atomic E-state index is 0.0129. The highest BCUT2D eigenvalue weighted by Gasteiger charge is 2.23. The number of hydrogen-bond donors (Lipinski definition) is 3. The summed E-state index contributed by atoms with van der Waals surface area (Å²) in [5.74, 6) is -1.84. The molecule has 3 aromatic rings. The fourth-order valence-corrected chi connectivity index (χ4v) is 4.79. The molecule has 3 N–H and O–H groups in total. The summed E-state index contributed by atoms with van der Waals surface area (Å²) < 4.78 is 0. The lowest BCUT2D eigenvalue weighted by molar-refractivity contribution is -0.136. The third kappa shape index (κ3) is 3.75. The van der Waals surface area contributed by atoms with E-state index < -0.39 is 11.8 Å². The highest BCUT2D eigenvalue weighted by molar-refractivity contribution is 7.16. The van der Waals surface area contributed by atoms with Crippen molar-refractivity contribution in [2.24, 2.45) is 5.10 Å². The molecule has 0 fully saturated rings. The second kappa shape index (κ2) is 8.35. The van der Waals surface area contributed by atoms with E-state index in [0.29, 0.717) is 16.1 Å². The molecule has 4 rings (SSSR count). The van der Waals surface area contributed by atoms with Gasteiger partial charge in [-0.1, -0.05) is 30.3 Å². The van der Waals surface area contributed by atoms with Crippen molar-refractivity contribution in [3.8, 4) is 11.8 Å². The summed E-state index contributed by atoms with van der Waals surface area (Å²) in [6.45, 7) is 0. The van der Waals surface area contributed by atoms with Gasteiger partial charge >= 0.3 is 11.8 Å². The van der Waals surface area contributed by atoms with Crippen LogP contribution in [0.5, 0.6) is 5.75 Å². The minimum atomic E-state index is -0.957. The van der Waals surface area contributed by atoms with E-state index in [4.69, 9.17) is 0 Å². The largest absolute Gasteiger partial charge is 0.507 e. The number of anilines is 1. The van der Waals surface area contributed by atoms with Crippen molar-refractivity contribution in [1.82, 2.24) is 5.43 Å². The molecule has 1 aliphatic carbocycles. The molecule has 8 heteroatoms. The molecule has 2 aromatic carbocycles. The molecule has 7 nitrogen and oxygen atoms in total. The molecule has 0 unspecified atom stereocenters. The maximum absolute atomic E-state index is 12.3. The average Bonchev–Trinajstić information content (AvgIpc) is 3.12. The zero-order chi connectivity index (χ0) is 21.1. The molecule has 0 spiro atoms. The summed E-state index contributed by atoms with van der Waals surface area (Å²) >= 11 is 1.35. The molecule has 1 heterocycles. The Morgan fingerprint density at radius 1 is 1.13 bits per heavy atom. The molecular formula is C22H18N4O3S. The number of aromatic hydroxyl groups is 1. The van der Waals surface area contributed by atoms with E-state index >= 15 is 0 Å². The number of phenols is 1. The first-order chi connectivity index (χ1) is 14.6. The van der Waals surface area contributed by atoms with Crippen molar-refractivity contribution < 1.29 is 14.7 Å². The summed E-state index contributed by atoms with van der Waals surface area (Å²) in [4.78, 5) is 25.5. The van der Waals surface area contributed by atoms with Crippen LogP contribution in [0.4, 0.5) is 5.00 Å². The highest BCUT2D eigenvalue weighted by atomic mass is 32.1. The van der Waals surface area contributed by atoms with Crippen LogP contribution in [0.2, 0.25) is 0 Å². The van der Waals surface area contributed by atoms with E-state index in [1.54, 1.807) is 12.1 Å². The van der Waals surface area contributed by atoms with Gasteiger partial charge in [0.05, 0.1) is 11.8 Å². The number of nitrogens with one attached hydrogen (secondary N) is 2. The summed E-state index contributed by atoms with van der Waals surface area (Å²) in [5, 5.41) is 28.0. The molecule has 30 heavy (non-hydrogen) atoms. The van der Waals surface area contributed by atoms with Gasteiger partial charge in [0, 0.05) is 10.4 Å². The van der Waals surface area contributed by atoms with Gasteiger partial charge in [0.1, 0.15) is 16.8 Å². The number of aryl methyl sites for hydroxylation is 1. The molecule has 1 aliphatic rings. The van der Waals surface area contributed by atoms with Crippen LogP contribution in [0, 0.1) is 11.3 Å². The maximum atomic E-state index is 12.3. The third-order valence-electron chi connectivity index (χ3n) is 5.02. The van der Waals surface area contributed by atoms with Gasteiger partial charge in [0.15, 0.2) is 0 Å². The van der Waals surface area contributed by atoms with Gasteiger partial charge in [0.25, 0.3) is 0 Å². The molecule has 150 valence electrons. The summed E-state index contributed by atoms with van der Waals surface area (Å²) in [6.07, 6.45) is 5.07. The Kier molecular flexibility index (Phi) is 5.46. The van der Waals surface area contributed by atoms with Crippen molar-refractivity contribution in [2.75, 3.05) is 5.32 Å². The van der Waals surface area contributed by atoms with E-state index in [1.165, 1.54) is 17.6 Å². The van der Waals surface area contributed by atoms with Gasteiger partial charge in [0.2, 0.25) is 0 Å². The highest BCUT2D eigenvalue weighted by Crippen LogP contribution is 2.37. The molecule has 0 bridgehead atoms. The van der Waals surface area contributed by atoms with Crippen molar-refractivity contribution in [3.63, 3.8) is 0 Å². The normalized spacial score (nSPS) is 13.0. The van der Waals surface area contributed by atoms with E-state index in [2.05, 4.69) is 21.9 Å². The standard InChI is InChI=1S/C22H18N4O3S/c23-11-16-15-7-3-4-8-19(15)30-22(16)25-20(28)21(29)26-24-12-17-14-6-2-1-5-13(14)9-10-18(17)27/h1-2,5-6,9-10,12,27H,3-4,7-8H2,(H,25,28)(H,26,29). The first-order valence-electron chi connectivity index (χ1n) is 9.48. The number of benzene rings is 2. The number of nitriles is 1. The number of rotatable bonds is 3. The van der Waals surface area contributed by atoms with Crippen molar-refractivity contribution in [1.29, 1.82) is 5.26 Å². The second-order valence-corrected chi connectivity index (χ2v) is 8.00. The molecule has 0 aliphatic heterocycles. The molecule has 0 atom stereocenters. The molecule has 0 saturated carbocycles. The van der Waals surface area contributed by atoms with Crippen LogP contribution >= 0.6 is 11.3 Å². The molecule has 2 amide bonds. The first-order valence-corrected chi connectivity index (χ1v) is 10.3. The topological polar surface area (TPSA) is 115 Å². The number of amides is 2. The van der Waals surface area contributed by atoms with Gasteiger partial charge in [-0.3, -0.25) is 9.59 Å². The zero-order valence-electron chi connectivity index (χ0n) is 15.9. The Labute approximate surface area is 176 Å². The first kappa shape index (κ1) is 19.6. The SMILES string of the molecule is N#Cc1c(NC(=O)C(=O)NN=Cc2c(O)ccc3ccccc23)sc2c1CCCC2. The lowest BCUT2D eigenvalue weighted by Crippen LogP contribution is -2.32. The molecule has 1 aromatic heterocycles. The van der Waals surface area contributed by atoms with Crippen LogP contribution in [-0.4, -0.2) is 23.1 Å². The van der Waals surface area contributed by atoms with Crippen LogP contribution in [0.3, 0.4) is 0 Å². The maximum Gasteiger partial charge on any atom is 0.329 e. The number of phenolic OH excluding ortho intramolecular Hbond substituents is 1. The van der Waals surface area contributed by atoms with Crippen LogP contribution in [0.25, 0.3) is 10.8 Å². The quantitative estimate of drug-likeness (QED) is 0.343. The van der Waals surface area contributed by atoms with Crippen LogP contribution in [0.1, 0.15) is 34.4 Å². The summed E-state index contributed by atoms with van der Waals surface area (Å²) in [7, 11) is 0. The summed E-state index contributed by atoms with van der Waals surface area (Å²) in [5.41, 5.74) is 4.03. The lowest BCUT2D eigenvalue weighted by Gasteiger charge is -2.09. The van der Waals surface area contributed by atoms with Crippen LogP contribution in [-0.2, 0) is 22.4 Å². The lowest BCUT2D eigenvalue weighted by atomic mass is 9.96. The number of carbonyl (C=O) groups is 2. The third-order valence-corrected chi connectivity index (χ3v) is 6.23. The minimum Gasteiger partial charge on any atom is -0.507 e. The molecule has 0 radical (unpaired) electrons. The van der Waals surface area contributed by atoms with Crippen molar-refractivity contribution in [2.45, 2.75) is 25.7 Å². The van der Waals surface area contributed by atoms with Gasteiger partial charge in [-0.25, -0.2) is 5.43 Å².